The van der Waals surface area contributed by atoms with E-state index < -0.39 is 0 Å². The summed E-state index contributed by atoms with van der Waals surface area (Å²) < 4.78 is 10.6. The van der Waals surface area contributed by atoms with Crippen molar-refractivity contribution in [3.63, 3.8) is 0 Å². The number of nitrogens with zero attached hydrogens (tertiary/aromatic N) is 1. The minimum atomic E-state index is -0.108. The Morgan fingerprint density at radius 3 is 2.57 bits per heavy atom. The molecule has 1 heterocycles. The normalized spacial score (nSPS) is 21.1. The lowest BCUT2D eigenvalue weighted by Crippen LogP contribution is -2.39. The number of hydrogen-bond acceptors (Lipinski definition) is 4. The molecule has 122 valence electrons. The maximum Gasteiger partial charge on any atom is 0.257 e. The van der Waals surface area contributed by atoms with Crippen molar-refractivity contribution in [2.24, 2.45) is 0 Å². The van der Waals surface area contributed by atoms with Crippen LogP contribution in [0.15, 0.2) is 34.9 Å². The minimum absolute atomic E-state index is 0.108. The standard InChI is InChI=1S/C18H22N2O3/c1-12-16(17(20-23-12)13-6-4-3-5-7-13)18(21)19-14-8-10-15(22-2)11-9-14/h3-7,14-15H,8-11H2,1-2H3,(H,19,21). The predicted octanol–water partition coefficient (Wildman–Crippen LogP) is 3.34. The van der Waals surface area contributed by atoms with Crippen molar-refractivity contribution in [2.75, 3.05) is 7.11 Å². The molecule has 1 N–H and O–H groups in total. The maximum atomic E-state index is 12.7. The quantitative estimate of drug-likeness (QED) is 0.940. The molecule has 1 aromatic heterocycles. The summed E-state index contributed by atoms with van der Waals surface area (Å²) in [5.74, 6) is 0.440. The van der Waals surface area contributed by atoms with Crippen molar-refractivity contribution in [2.45, 2.75) is 44.8 Å². The largest absolute Gasteiger partial charge is 0.381 e. The SMILES string of the molecule is COC1CCC(NC(=O)c2c(-c3ccccc3)noc2C)CC1. The minimum Gasteiger partial charge on any atom is -0.381 e. The second-order valence-electron chi connectivity index (χ2n) is 6.01. The van der Waals surface area contributed by atoms with Crippen LogP contribution in [0.1, 0.15) is 41.8 Å². The number of benzene rings is 1. The highest BCUT2D eigenvalue weighted by atomic mass is 16.5. The van der Waals surface area contributed by atoms with Gasteiger partial charge in [0.05, 0.1) is 6.10 Å². The average molecular weight is 314 g/mol. The monoisotopic (exact) mass is 314 g/mol. The van der Waals surface area contributed by atoms with E-state index in [0.717, 1.165) is 31.2 Å². The third-order valence-corrected chi connectivity index (χ3v) is 4.48. The number of amides is 1. The first-order chi connectivity index (χ1) is 11.2. The van der Waals surface area contributed by atoms with Gasteiger partial charge in [-0.05, 0) is 32.6 Å². The summed E-state index contributed by atoms with van der Waals surface area (Å²) in [5.41, 5.74) is 2.02. The zero-order chi connectivity index (χ0) is 16.2. The van der Waals surface area contributed by atoms with Gasteiger partial charge in [0.15, 0.2) is 0 Å². The Balaban J connectivity index is 1.74. The van der Waals surface area contributed by atoms with Crippen molar-refractivity contribution in [3.05, 3.63) is 41.7 Å². The van der Waals surface area contributed by atoms with Crippen molar-refractivity contribution in [1.82, 2.24) is 10.5 Å². The number of carbonyl (C=O) groups is 1. The van der Waals surface area contributed by atoms with Gasteiger partial charge >= 0.3 is 0 Å². The molecule has 2 aromatic rings. The fourth-order valence-electron chi connectivity index (χ4n) is 3.13. The zero-order valence-electron chi connectivity index (χ0n) is 13.5. The predicted molar refractivity (Wildman–Crippen MR) is 87.2 cm³/mol. The second kappa shape index (κ2) is 6.96. The molecule has 1 amide bonds. The van der Waals surface area contributed by atoms with E-state index in [1.807, 2.05) is 30.3 Å². The molecule has 0 saturated heterocycles. The molecule has 5 heteroatoms. The fourth-order valence-corrected chi connectivity index (χ4v) is 3.13. The first-order valence-corrected chi connectivity index (χ1v) is 8.04. The Labute approximate surface area is 136 Å². The molecular formula is C18H22N2O3. The lowest BCUT2D eigenvalue weighted by atomic mass is 9.92. The molecule has 0 spiro atoms. The summed E-state index contributed by atoms with van der Waals surface area (Å²) in [4.78, 5) is 12.7. The molecule has 0 aliphatic heterocycles. The van der Waals surface area contributed by atoms with Crippen LogP contribution in [0, 0.1) is 6.92 Å². The van der Waals surface area contributed by atoms with Crippen LogP contribution in [-0.2, 0) is 4.74 Å². The topological polar surface area (TPSA) is 64.4 Å². The highest BCUT2D eigenvalue weighted by Gasteiger charge is 2.26. The third kappa shape index (κ3) is 3.45. The van der Waals surface area contributed by atoms with Crippen molar-refractivity contribution in [3.8, 4) is 11.3 Å². The number of nitrogens with one attached hydrogen (secondary N) is 1. The van der Waals surface area contributed by atoms with E-state index in [0.29, 0.717) is 23.1 Å². The Bertz CT molecular complexity index is 658. The number of ether oxygens (including phenoxy) is 1. The summed E-state index contributed by atoms with van der Waals surface area (Å²) in [6.45, 7) is 1.77. The van der Waals surface area contributed by atoms with E-state index >= 15 is 0 Å². The molecule has 3 rings (SSSR count). The van der Waals surface area contributed by atoms with Gasteiger partial charge in [-0.25, -0.2) is 0 Å². The van der Waals surface area contributed by atoms with E-state index in [4.69, 9.17) is 9.26 Å². The summed E-state index contributed by atoms with van der Waals surface area (Å²) in [6.07, 6.45) is 4.16. The summed E-state index contributed by atoms with van der Waals surface area (Å²) >= 11 is 0. The first-order valence-electron chi connectivity index (χ1n) is 8.04. The number of methoxy groups -OCH3 is 1. The van der Waals surface area contributed by atoms with E-state index in [2.05, 4.69) is 10.5 Å². The number of aromatic nitrogens is 1. The highest BCUT2D eigenvalue weighted by molar-refractivity contribution is 6.00. The van der Waals surface area contributed by atoms with Crippen LogP contribution < -0.4 is 5.32 Å². The van der Waals surface area contributed by atoms with Crippen LogP contribution in [0.4, 0.5) is 0 Å². The molecule has 0 atom stereocenters. The van der Waals surface area contributed by atoms with Crippen LogP contribution in [0.5, 0.6) is 0 Å². The maximum absolute atomic E-state index is 12.7. The van der Waals surface area contributed by atoms with Gasteiger partial charge in [-0.15, -0.1) is 0 Å². The lowest BCUT2D eigenvalue weighted by Gasteiger charge is -2.28. The van der Waals surface area contributed by atoms with E-state index in [-0.39, 0.29) is 11.9 Å². The van der Waals surface area contributed by atoms with Crippen LogP contribution in [-0.4, -0.2) is 30.3 Å². The Hall–Kier alpha value is -2.14. The van der Waals surface area contributed by atoms with Crippen LogP contribution in [0.3, 0.4) is 0 Å². The summed E-state index contributed by atoms with van der Waals surface area (Å²) in [5, 5.41) is 7.19. The zero-order valence-corrected chi connectivity index (χ0v) is 13.5. The molecular weight excluding hydrogens is 292 g/mol. The van der Waals surface area contributed by atoms with Crippen LogP contribution >= 0.6 is 0 Å². The summed E-state index contributed by atoms with van der Waals surface area (Å²) in [6, 6.07) is 9.83. The van der Waals surface area contributed by atoms with Gasteiger partial charge in [0.2, 0.25) is 0 Å². The molecule has 0 unspecified atom stereocenters. The van der Waals surface area contributed by atoms with Gasteiger partial charge in [0.25, 0.3) is 5.91 Å². The van der Waals surface area contributed by atoms with Gasteiger partial charge in [0, 0.05) is 18.7 Å². The molecule has 1 fully saturated rings. The van der Waals surface area contributed by atoms with Crippen molar-refractivity contribution >= 4 is 5.91 Å². The molecule has 0 radical (unpaired) electrons. The Kier molecular flexibility index (Phi) is 4.76. The molecule has 1 aliphatic carbocycles. The van der Waals surface area contributed by atoms with Gasteiger partial charge < -0.3 is 14.6 Å². The molecule has 1 aliphatic rings. The number of carbonyl (C=O) groups excluding carboxylic acids is 1. The van der Waals surface area contributed by atoms with Gasteiger partial charge in [-0.1, -0.05) is 35.5 Å². The van der Waals surface area contributed by atoms with Crippen molar-refractivity contribution < 1.29 is 14.1 Å². The van der Waals surface area contributed by atoms with Crippen LogP contribution in [0.2, 0.25) is 0 Å². The first kappa shape index (κ1) is 15.7. The lowest BCUT2D eigenvalue weighted by molar-refractivity contribution is 0.0599. The molecule has 23 heavy (non-hydrogen) atoms. The fraction of sp³-hybridized carbons (Fsp3) is 0.444. The van der Waals surface area contributed by atoms with Crippen LogP contribution in [0.25, 0.3) is 11.3 Å². The molecule has 5 nitrogen and oxygen atoms in total. The van der Waals surface area contributed by atoms with Gasteiger partial charge in [0.1, 0.15) is 17.0 Å². The summed E-state index contributed by atoms with van der Waals surface area (Å²) in [7, 11) is 1.75. The number of rotatable bonds is 4. The van der Waals surface area contributed by atoms with E-state index in [1.54, 1.807) is 14.0 Å². The second-order valence-corrected chi connectivity index (χ2v) is 6.01. The van der Waals surface area contributed by atoms with Gasteiger partial charge in [-0.3, -0.25) is 4.79 Å². The molecule has 0 bridgehead atoms. The van der Waals surface area contributed by atoms with Gasteiger partial charge in [-0.2, -0.15) is 0 Å². The average Bonchev–Trinajstić information content (AvgIpc) is 2.98. The smallest absolute Gasteiger partial charge is 0.257 e. The van der Waals surface area contributed by atoms with E-state index in [9.17, 15) is 4.79 Å². The Morgan fingerprint density at radius 2 is 1.91 bits per heavy atom. The molecule has 1 saturated carbocycles. The Morgan fingerprint density at radius 1 is 1.22 bits per heavy atom. The molecule has 1 aromatic carbocycles. The third-order valence-electron chi connectivity index (χ3n) is 4.48. The number of aryl methyl sites for hydroxylation is 1. The van der Waals surface area contributed by atoms with E-state index in [1.165, 1.54) is 0 Å². The highest BCUT2D eigenvalue weighted by Crippen LogP contribution is 2.26. The number of hydrogen-bond donors (Lipinski definition) is 1. The van der Waals surface area contributed by atoms with Crippen molar-refractivity contribution in [1.29, 1.82) is 0 Å².